The van der Waals surface area contributed by atoms with Gasteiger partial charge in [0.25, 0.3) is 0 Å². The van der Waals surface area contributed by atoms with Crippen LogP contribution in [0.4, 0.5) is 4.39 Å². The van der Waals surface area contributed by atoms with Crippen LogP contribution in [0, 0.1) is 11.7 Å². The van der Waals surface area contributed by atoms with Crippen LogP contribution in [0.2, 0.25) is 0 Å². The van der Waals surface area contributed by atoms with E-state index < -0.39 is 6.04 Å². The third-order valence-electron chi connectivity index (χ3n) is 4.65. The molecular weight excluding hydrogens is 371 g/mol. The van der Waals surface area contributed by atoms with Gasteiger partial charge in [0.2, 0.25) is 5.91 Å². The molecule has 0 bridgehead atoms. The van der Waals surface area contributed by atoms with Crippen molar-refractivity contribution in [3.05, 3.63) is 59.4 Å². The lowest BCUT2D eigenvalue weighted by atomic mass is 9.96. The lowest BCUT2D eigenvalue weighted by molar-refractivity contribution is -0.124. The number of hydrogen-bond acceptors (Lipinski definition) is 4. The Bertz CT molecular complexity index is 782. The summed E-state index contributed by atoms with van der Waals surface area (Å²) in [5.74, 6) is 0.644. The third-order valence-corrected chi connectivity index (χ3v) is 4.65. The van der Waals surface area contributed by atoms with E-state index in [1.165, 1.54) is 19.2 Å². The van der Waals surface area contributed by atoms with E-state index in [4.69, 9.17) is 9.47 Å². The van der Waals surface area contributed by atoms with E-state index >= 15 is 0 Å². The molecule has 1 aliphatic heterocycles. The molecule has 1 heterocycles. The summed E-state index contributed by atoms with van der Waals surface area (Å²) in [5.41, 5.74) is 1.37. The fourth-order valence-electron chi connectivity index (χ4n) is 3.23. The van der Waals surface area contributed by atoms with Gasteiger partial charge in [-0.3, -0.25) is 4.79 Å². The van der Waals surface area contributed by atoms with Crippen molar-refractivity contribution < 1.29 is 18.7 Å². The first-order chi connectivity index (χ1) is 12.6. The molecule has 0 aromatic heterocycles. The molecule has 2 N–H and O–H groups in total. The first-order valence-electron chi connectivity index (χ1n) is 8.61. The maximum atomic E-state index is 13.9. The van der Waals surface area contributed by atoms with Crippen LogP contribution in [0.15, 0.2) is 42.5 Å². The van der Waals surface area contributed by atoms with Crippen molar-refractivity contribution in [2.75, 3.05) is 27.3 Å². The Balaban J connectivity index is 0.00000261. The van der Waals surface area contributed by atoms with Gasteiger partial charge in [-0.15, -0.1) is 12.4 Å². The monoisotopic (exact) mass is 394 g/mol. The van der Waals surface area contributed by atoms with Crippen LogP contribution in [-0.4, -0.2) is 33.2 Å². The third kappa shape index (κ3) is 4.90. The van der Waals surface area contributed by atoms with Gasteiger partial charge < -0.3 is 20.1 Å². The number of rotatable bonds is 6. The van der Waals surface area contributed by atoms with Crippen molar-refractivity contribution in [2.24, 2.45) is 5.92 Å². The minimum atomic E-state index is -0.538. The van der Waals surface area contributed by atoms with E-state index in [9.17, 15) is 9.18 Å². The molecule has 1 amide bonds. The molecule has 2 aromatic carbocycles. The first-order valence-corrected chi connectivity index (χ1v) is 8.61. The van der Waals surface area contributed by atoms with Gasteiger partial charge in [-0.25, -0.2) is 4.39 Å². The molecule has 5 nitrogen and oxygen atoms in total. The van der Waals surface area contributed by atoms with E-state index in [0.717, 1.165) is 18.5 Å². The highest BCUT2D eigenvalue weighted by Gasteiger charge is 2.27. The van der Waals surface area contributed by atoms with Gasteiger partial charge in [0.15, 0.2) is 0 Å². The number of hydrogen-bond donors (Lipinski definition) is 2. The van der Waals surface area contributed by atoms with Crippen LogP contribution < -0.4 is 20.1 Å². The number of halogens is 2. The number of carbonyl (C=O) groups excluding carboxylic acids is 1. The van der Waals surface area contributed by atoms with E-state index in [1.807, 2.05) is 24.3 Å². The van der Waals surface area contributed by atoms with Gasteiger partial charge in [-0.05, 0) is 48.9 Å². The van der Waals surface area contributed by atoms with E-state index in [1.54, 1.807) is 13.2 Å². The van der Waals surface area contributed by atoms with Gasteiger partial charge in [0.1, 0.15) is 17.3 Å². The second kappa shape index (κ2) is 9.58. The Morgan fingerprint density at radius 2 is 2.04 bits per heavy atom. The van der Waals surface area contributed by atoms with Crippen LogP contribution in [0.5, 0.6) is 11.5 Å². The van der Waals surface area contributed by atoms with Crippen LogP contribution >= 0.6 is 12.4 Å². The zero-order valence-electron chi connectivity index (χ0n) is 15.3. The van der Waals surface area contributed by atoms with E-state index in [-0.39, 0.29) is 30.0 Å². The second-order valence-corrected chi connectivity index (χ2v) is 6.29. The van der Waals surface area contributed by atoms with Crippen LogP contribution in [0.3, 0.4) is 0 Å². The van der Waals surface area contributed by atoms with Gasteiger partial charge in [-0.2, -0.15) is 0 Å². The molecule has 27 heavy (non-hydrogen) atoms. The molecule has 2 atom stereocenters. The summed E-state index contributed by atoms with van der Waals surface area (Å²) in [6, 6.07) is 11.2. The van der Waals surface area contributed by atoms with E-state index in [0.29, 0.717) is 23.6 Å². The highest BCUT2D eigenvalue weighted by atomic mass is 35.5. The van der Waals surface area contributed by atoms with Crippen molar-refractivity contribution in [2.45, 2.75) is 12.5 Å². The van der Waals surface area contributed by atoms with Crippen molar-refractivity contribution in [1.29, 1.82) is 0 Å². The minimum Gasteiger partial charge on any atom is -0.497 e. The van der Waals surface area contributed by atoms with E-state index in [2.05, 4.69) is 10.6 Å². The summed E-state index contributed by atoms with van der Waals surface area (Å²) in [7, 11) is 3.11. The minimum absolute atomic E-state index is 0. The zero-order chi connectivity index (χ0) is 18.5. The number of methoxy groups -OCH3 is 2. The summed E-state index contributed by atoms with van der Waals surface area (Å²) in [5, 5.41) is 6.25. The summed E-state index contributed by atoms with van der Waals surface area (Å²) < 4.78 is 24.6. The number of carbonyl (C=O) groups is 1. The lowest BCUT2D eigenvalue weighted by Crippen LogP contribution is -2.35. The molecule has 0 radical (unpaired) electrons. The Kier molecular flexibility index (Phi) is 7.45. The van der Waals surface area contributed by atoms with Gasteiger partial charge in [0.05, 0.1) is 26.2 Å². The molecule has 0 aliphatic carbocycles. The normalized spacial score (nSPS) is 16.9. The van der Waals surface area contributed by atoms with Crippen molar-refractivity contribution in [3.8, 4) is 11.5 Å². The summed E-state index contributed by atoms with van der Waals surface area (Å²) >= 11 is 0. The SMILES string of the molecule is COc1cccc(C(NC(=O)C2CCNC2)c2cc(F)ccc2OC)c1.Cl. The predicted molar refractivity (Wildman–Crippen MR) is 104 cm³/mol. The predicted octanol–water partition coefficient (Wildman–Crippen LogP) is 3.08. The van der Waals surface area contributed by atoms with Crippen molar-refractivity contribution in [3.63, 3.8) is 0 Å². The van der Waals surface area contributed by atoms with Gasteiger partial charge in [0, 0.05) is 12.1 Å². The molecule has 7 heteroatoms. The van der Waals surface area contributed by atoms with Gasteiger partial charge >= 0.3 is 0 Å². The van der Waals surface area contributed by atoms with Crippen molar-refractivity contribution in [1.82, 2.24) is 10.6 Å². The van der Waals surface area contributed by atoms with Crippen LogP contribution in [0.1, 0.15) is 23.6 Å². The molecule has 1 aliphatic rings. The number of ether oxygens (including phenoxy) is 2. The molecule has 1 fully saturated rings. The summed E-state index contributed by atoms with van der Waals surface area (Å²) in [4.78, 5) is 12.7. The van der Waals surface area contributed by atoms with Gasteiger partial charge in [-0.1, -0.05) is 12.1 Å². The Morgan fingerprint density at radius 3 is 2.70 bits per heavy atom. The maximum absolute atomic E-state index is 13.9. The average molecular weight is 395 g/mol. The van der Waals surface area contributed by atoms with Crippen LogP contribution in [-0.2, 0) is 4.79 Å². The van der Waals surface area contributed by atoms with Crippen LogP contribution in [0.25, 0.3) is 0 Å². The molecule has 1 saturated heterocycles. The lowest BCUT2D eigenvalue weighted by Gasteiger charge is -2.24. The molecule has 2 unspecified atom stereocenters. The molecular formula is C20H24ClFN2O3. The molecule has 0 saturated carbocycles. The highest BCUT2D eigenvalue weighted by molar-refractivity contribution is 5.85. The topological polar surface area (TPSA) is 59.6 Å². The molecule has 0 spiro atoms. The average Bonchev–Trinajstić information content (AvgIpc) is 3.21. The fourth-order valence-corrected chi connectivity index (χ4v) is 3.23. The standard InChI is InChI=1S/C20H23FN2O3.ClH/c1-25-16-5-3-4-13(10-16)19(23-20(24)14-8-9-22-12-14)17-11-15(21)6-7-18(17)26-2;/h3-7,10-11,14,19,22H,8-9,12H2,1-2H3,(H,23,24);1H. The Hall–Kier alpha value is -2.31. The number of benzene rings is 2. The highest BCUT2D eigenvalue weighted by Crippen LogP contribution is 2.32. The quantitative estimate of drug-likeness (QED) is 0.790. The summed E-state index contributed by atoms with van der Waals surface area (Å²) in [6.45, 7) is 1.47. The van der Waals surface area contributed by atoms with Crippen molar-refractivity contribution >= 4 is 18.3 Å². The summed E-state index contributed by atoms with van der Waals surface area (Å²) in [6.07, 6.45) is 0.789. The zero-order valence-corrected chi connectivity index (χ0v) is 16.1. The number of amides is 1. The smallest absolute Gasteiger partial charge is 0.225 e. The number of nitrogens with one attached hydrogen (secondary N) is 2. The Labute approximate surface area is 164 Å². The Morgan fingerprint density at radius 1 is 1.22 bits per heavy atom. The molecule has 2 aromatic rings. The first kappa shape index (κ1) is 21.0. The second-order valence-electron chi connectivity index (χ2n) is 6.29. The maximum Gasteiger partial charge on any atom is 0.225 e. The molecule has 3 rings (SSSR count). The molecule has 146 valence electrons. The largest absolute Gasteiger partial charge is 0.497 e. The fraction of sp³-hybridized carbons (Fsp3) is 0.350.